The number of aryl methyl sites for hydroxylation is 1. The number of benzene rings is 1. The molecule has 0 spiro atoms. The molecule has 4 heteroatoms. The molecule has 0 saturated carbocycles. The van der Waals surface area contributed by atoms with Crippen molar-refractivity contribution in [1.29, 1.82) is 0 Å². The predicted molar refractivity (Wildman–Crippen MR) is 84.8 cm³/mol. The predicted octanol–water partition coefficient (Wildman–Crippen LogP) is 3.02. The van der Waals surface area contributed by atoms with Crippen molar-refractivity contribution in [3.05, 3.63) is 59.3 Å². The molecule has 1 heterocycles. The van der Waals surface area contributed by atoms with Gasteiger partial charge in [0, 0.05) is 23.8 Å². The maximum absolute atomic E-state index is 12.7. The molecule has 1 aromatic carbocycles. The van der Waals surface area contributed by atoms with Crippen molar-refractivity contribution in [2.24, 2.45) is 0 Å². The molecule has 21 heavy (non-hydrogen) atoms. The largest absolute Gasteiger partial charge is 0.384 e. The molecule has 0 unspecified atom stereocenters. The second kappa shape index (κ2) is 6.39. The number of aromatic nitrogens is 1. The number of rotatable bonds is 4. The van der Waals surface area contributed by atoms with Crippen molar-refractivity contribution in [2.45, 2.75) is 33.4 Å². The van der Waals surface area contributed by atoms with Crippen LogP contribution in [0.5, 0.6) is 0 Å². The van der Waals surface area contributed by atoms with Gasteiger partial charge < -0.3 is 10.6 Å². The summed E-state index contributed by atoms with van der Waals surface area (Å²) < 4.78 is 0. The normalized spacial score (nSPS) is 10.7. The first-order valence-corrected chi connectivity index (χ1v) is 7.06. The first-order chi connectivity index (χ1) is 9.97. The van der Waals surface area contributed by atoms with E-state index in [2.05, 4.69) is 4.98 Å². The summed E-state index contributed by atoms with van der Waals surface area (Å²) in [6, 6.07) is 13.5. The highest BCUT2D eigenvalue weighted by molar-refractivity contribution is 5.95. The fourth-order valence-electron chi connectivity index (χ4n) is 2.25. The molecule has 0 fully saturated rings. The molecule has 0 aliphatic carbocycles. The van der Waals surface area contributed by atoms with E-state index in [1.807, 2.05) is 56.0 Å². The third-order valence-corrected chi connectivity index (χ3v) is 3.30. The van der Waals surface area contributed by atoms with E-state index >= 15 is 0 Å². The number of carbonyl (C=O) groups is 1. The number of nitrogen functional groups attached to an aromatic ring is 1. The number of hydrogen-bond acceptors (Lipinski definition) is 3. The minimum atomic E-state index is -0.0222. The Labute approximate surface area is 125 Å². The fourth-order valence-corrected chi connectivity index (χ4v) is 2.25. The second-order valence-corrected chi connectivity index (χ2v) is 5.43. The van der Waals surface area contributed by atoms with Crippen LogP contribution in [-0.2, 0) is 6.54 Å². The monoisotopic (exact) mass is 283 g/mol. The topological polar surface area (TPSA) is 59.2 Å². The summed E-state index contributed by atoms with van der Waals surface area (Å²) in [7, 11) is 0. The van der Waals surface area contributed by atoms with E-state index < -0.39 is 0 Å². The molecule has 2 rings (SSSR count). The lowest BCUT2D eigenvalue weighted by atomic mass is 10.1. The average Bonchev–Trinajstić information content (AvgIpc) is 2.44. The van der Waals surface area contributed by atoms with Gasteiger partial charge in [-0.2, -0.15) is 0 Å². The third kappa shape index (κ3) is 3.81. The molecule has 0 radical (unpaired) electrons. The number of nitrogens with zero attached hydrogens (tertiary/aromatic N) is 2. The van der Waals surface area contributed by atoms with Gasteiger partial charge in [0.1, 0.15) is 5.82 Å². The maximum atomic E-state index is 12.7. The first-order valence-electron chi connectivity index (χ1n) is 7.06. The van der Waals surface area contributed by atoms with Crippen LogP contribution in [0.25, 0.3) is 0 Å². The van der Waals surface area contributed by atoms with Gasteiger partial charge in [-0.1, -0.05) is 30.3 Å². The lowest BCUT2D eigenvalue weighted by molar-refractivity contribution is 0.0690. The van der Waals surface area contributed by atoms with Crippen molar-refractivity contribution in [3.8, 4) is 0 Å². The van der Waals surface area contributed by atoms with E-state index in [9.17, 15) is 4.79 Å². The summed E-state index contributed by atoms with van der Waals surface area (Å²) in [6.45, 7) is 6.44. The molecule has 1 amide bonds. The minimum absolute atomic E-state index is 0.0222. The van der Waals surface area contributed by atoms with Crippen molar-refractivity contribution < 1.29 is 4.79 Å². The van der Waals surface area contributed by atoms with Crippen molar-refractivity contribution in [2.75, 3.05) is 5.73 Å². The highest BCUT2D eigenvalue weighted by Crippen LogP contribution is 2.15. The van der Waals surface area contributed by atoms with E-state index in [-0.39, 0.29) is 11.9 Å². The number of anilines is 1. The molecule has 0 bridgehead atoms. The fraction of sp³-hybridized carbons (Fsp3) is 0.294. The highest BCUT2D eigenvalue weighted by atomic mass is 16.2. The standard InChI is InChI=1S/C17H21N3O/c1-12(2)20(11-14-7-5-4-6-8-14)17(21)15-9-13(3)19-16(18)10-15/h4-10,12H,11H2,1-3H3,(H2,18,19). The minimum Gasteiger partial charge on any atom is -0.384 e. The van der Waals surface area contributed by atoms with Gasteiger partial charge in [0.25, 0.3) is 5.91 Å². The molecule has 0 saturated heterocycles. The van der Waals surface area contributed by atoms with E-state index in [0.29, 0.717) is 17.9 Å². The van der Waals surface area contributed by atoms with Gasteiger partial charge in [-0.15, -0.1) is 0 Å². The Hall–Kier alpha value is -2.36. The van der Waals surface area contributed by atoms with E-state index in [4.69, 9.17) is 5.73 Å². The average molecular weight is 283 g/mol. The van der Waals surface area contributed by atoms with Crippen LogP contribution < -0.4 is 5.73 Å². The lowest BCUT2D eigenvalue weighted by Gasteiger charge is -2.27. The van der Waals surface area contributed by atoms with Crippen LogP contribution >= 0.6 is 0 Å². The van der Waals surface area contributed by atoms with Crippen LogP contribution in [0, 0.1) is 6.92 Å². The number of carbonyl (C=O) groups excluding carboxylic acids is 1. The zero-order chi connectivity index (χ0) is 15.4. The summed E-state index contributed by atoms with van der Waals surface area (Å²) >= 11 is 0. The Morgan fingerprint density at radius 3 is 2.48 bits per heavy atom. The smallest absolute Gasteiger partial charge is 0.254 e. The van der Waals surface area contributed by atoms with Crippen molar-refractivity contribution >= 4 is 11.7 Å². The van der Waals surface area contributed by atoms with Crippen LogP contribution in [0.15, 0.2) is 42.5 Å². The molecule has 0 atom stereocenters. The second-order valence-electron chi connectivity index (χ2n) is 5.43. The van der Waals surface area contributed by atoms with Gasteiger partial charge in [0.2, 0.25) is 0 Å². The summed E-state index contributed by atoms with van der Waals surface area (Å²) in [6.07, 6.45) is 0. The maximum Gasteiger partial charge on any atom is 0.254 e. The Morgan fingerprint density at radius 1 is 1.24 bits per heavy atom. The molecular formula is C17H21N3O. The van der Waals surface area contributed by atoms with E-state index in [1.54, 1.807) is 12.1 Å². The molecule has 4 nitrogen and oxygen atoms in total. The Kier molecular flexibility index (Phi) is 4.58. The molecule has 110 valence electrons. The summed E-state index contributed by atoms with van der Waals surface area (Å²) in [5, 5.41) is 0. The van der Waals surface area contributed by atoms with Crippen LogP contribution in [-0.4, -0.2) is 21.8 Å². The molecule has 0 aliphatic heterocycles. The first kappa shape index (κ1) is 15.0. The summed E-state index contributed by atoms with van der Waals surface area (Å²) in [4.78, 5) is 18.7. The molecule has 0 aliphatic rings. The quantitative estimate of drug-likeness (QED) is 0.938. The molecule has 2 aromatic rings. The van der Waals surface area contributed by atoms with Crippen LogP contribution in [0.4, 0.5) is 5.82 Å². The molecule has 1 aromatic heterocycles. The Balaban J connectivity index is 2.27. The highest BCUT2D eigenvalue weighted by Gasteiger charge is 2.19. The van der Waals surface area contributed by atoms with Gasteiger partial charge in [-0.25, -0.2) is 4.98 Å². The van der Waals surface area contributed by atoms with Crippen molar-refractivity contribution in [1.82, 2.24) is 9.88 Å². The molecule has 2 N–H and O–H groups in total. The number of amides is 1. The van der Waals surface area contributed by atoms with Gasteiger partial charge in [-0.05, 0) is 38.5 Å². The van der Waals surface area contributed by atoms with Gasteiger partial charge in [0.15, 0.2) is 0 Å². The Bertz CT molecular complexity index is 603. The lowest BCUT2D eigenvalue weighted by Crippen LogP contribution is -2.36. The number of nitrogens with two attached hydrogens (primary N) is 1. The Morgan fingerprint density at radius 2 is 1.90 bits per heavy atom. The van der Waals surface area contributed by atoms with Crippen LogP contribution in [0.2, 0.25) is 0 Å². The zero-order valence-electron chi connectivity index (χ0n) is 12.7. The van der Waals surface area contributed by atoms with Crippen LogP contribution in [0.1, 0.15) is 35.5 Å². The van der Waals surface area contributed by atoms with Gasteiger partial charge in [-0.3, -0.25) is 4.79 Å². The van der Waals surface area contributed by atoms with E-state index in [1.165, 1.54) is 0 Å². The number of pyridine rings is 1. The summed E-state index contributed by atoms with van der Waals surface area (Å²) in [5.74, 6) is 0.354. The SMILES string of the molecule is Cc1cc(C(=O)N(Cc2ccccc2)C(C)C)cc(N)n1. The zero-order valence-corrected chi connectivity index (χ0v) is 12.7. The van der Waals surface area contributed by atoms with Gasteiger partial charge >= 0.3 is 0 Å². The van der Waals surface area contributed by atoms with Crippen molar-refractivity contribution in [3.63, 3.8) is 0 Å². The molecular weight excluding hydrogens is 262 g/mol. The summed E-state index contributed by atoms with van der Waals surface area (Å²) in [5.41, 5.74) is 8.19. The van der Waals surface area contributed by atoms with E-state index in [0.717, 1.165) is 11.3 Å². The number of hydrogen-bond donors (Lipinski definition) is 1. The van der Waals surface area contributed by atoms with Gasteiger partial charge in [0.05, 0.1) is 0 Å². The third-order valence-electron chi connectivity index (χ3n) is 3.30. The van der Waals surface area contributed by atoms with Crippen LogP contribution in [0.3, 0.4) is 0 Å².